The molecule has 0 aliphatic heterocycles. The first-order valence-electron chi connectivity index (χ1n) is 6.56. The van der Waals surface area contributed by atoms with E-state index in [0.717, 1.165) is 0 Å². The molecule has 0 unspecified atom stereocenters. The van der Waals surface area contributed by atoms with Crippen LogP contribution < -0.4 is 5.32 Å². The fraction of sp³-hybridized carbons (Fsp3) is 0.312. The monoisotopic (exact) mass is 274 g/mol. The minimum absolute atomic E-state index is 0.151. The Bertz CT molecular complexity index is 616. The van der Waals surface area contributed by atoms with Gasteiger partial charge in [-0.25, -0.2) is 4.39 Å². The average Bonchev–Trinajstić information content (AvgIpc) is 2.83. The van der Waals surface area contributed by atoms with E-state index in [1.807, 2.05) is 33.2 Å². The smallest absolute Gasteiger partial charge is 0.267 e. The Labute approximate surface area is 118 Å². The molecule has 20 heavy (non-hydrogen) atoms. The first-order valence-corrected chi connectivity index (χ1v) is 6.56. The summed E-state index contributed by atoms with van der Waals surface area (Å²) in [4.78, 5) is 12.1. The maximum atomic E-state index is 13.8. The molecule has 0 saturated heterocycles. The number of aromatic nitrogens is 1. The molecule has 0 saturated carbocycles. The van der Waals surface area contributed by atoms with Crippen LogP contribution in [0.1, 0.15) is 29.9 Å². The molecule has 0 radical (unpaired) electrons. The number of halogens is 1. The molecule has 0 atom stereocenters. The summed E-state index contributed by atoms with van der Waals surface area (Å²) in [6.07, 6.45) is 1.82. The highest BCUT2D eigenvalue weighted by molar-refractivity contribution is 5.92. The molecule has 1 aromatic heterocycles. The zero-order valence-corrected chi connectivity index (χ0v) is 12.0. The van der Waals surface area contributed by atoms with Crippen molar-refractivity contribution in [1.82, 2.24) is 9.88 Å². The lowest BCUT2D eigenvalue weighted by molar-refractivity contribution is 0.0937. The topological polar surface area (TPSA) is 34.0 Å². The van der Waals surface area contributed by atoms with E-state index >= 15 is 0 Å². The standard InChI is InChI=1S/C16H19FN2O/c1-16(2,12-7-4-5-8-13(12)17)11-18-15(20)14-9-6-10-19(14)3/h4-10H,11H2,1-3H3,(H,18,20). The number of hydrogen-bond acceptors (Lipinski definition) is 1. The lowest BCUT2D eigenvalue weighted by Crippen LogP contribution is -2.37. The van der Waals surface area contributed by atoms with Gasteiger partial charge >= 0.3 is 0 Å². The molecule has 0 spiro atoms. The summed E-state index contributed by atoms with van der Waals surface area (Å²) < 4.78 is 15.6. The highest BCUT2D eigenvalue weighted by Gasteiger charge is 2.25. The molecule has 0 fully saturated rings. The number of benzene rings is 1. The van der Waals surface area contributed by atoms with Crippen LogP contribution in [-0.4, -0.2) is 17.0 Å². The van der Waals surface area contributed by atoms with Gasteiger partial charge < -0.3 is 9.88 Å². The van der Waals surface area contributed by atoms with E-state index < -0.39 is 5.41 Å². The summed E-state index contributed by atoms with van der Waals surface area (Å²) in [5, 5.41) is 2.87. The molecule has 3 nitrogen and oxygen atoms in total. The van der Waals surface area contributed by atoms with Crippen molar-refractivity contribution in [2.45, 2.75) is 19.3 Å². The molecule has 4 heteroatoms. The predicted octanol–water partition coefficient (Wildman–Crippen LogP) is 2.87. The van der Waals surface area contributed by atoms with Crippen molar-refractivity contribution in [3.05, 3.63) is 59.7 Å². The van der Waals surface area contributed by atoms with Crippen LogP contribution in [0, 0.1) is 5.82 Å². The Kier molecular flexibility index (Phi) is 3.93. The number of nitrogens with zero attached hydrogens (tertiary/aromatic N) is 1. The molecule has 1 amide bonds. The highest BCUT2D eigenvalue weighted by Crippen LogP contribution is 2.24. The summed E-state index contributed by atoms with van der Waals surface area (Å²) in [5.74, 6) is -0.396. The lowest BCUT2D eigenvalue weighted by Gasteiger charge is -2.26. The quantitative estimate of drug-likeness (QED) is 0.914. The van der Waals surface area contributed by atoms with Gasteiger partial charge in [0.05, 0.1) is 0 Å². The van der Waals surface area contributed by atoms with E-state index in [9.17, 15) is 9.18 Å². The van der Waals surface area contributed by atoms with E-state index in [-0.39, 0.29) is 11.7 Å². The van der Waals surface area contributed by atoms with Crippen LogP contribution in [0.2, 0.25) is 0 Å². The van der Waals surface area contributed by atoms with Gasteiger partial charge in [-0.05, 0) is 23.8 Å². The van der Waals surface area contributed by atoms with Crippen molar-refractivity contribution >= 4 is 5.91 Å². The third kappa shape index (κ3) is 2.90. The Morgan fingerprint density at radius 2 is 1.95 bits per heavy atom. The van der Waals surface area contributed by atoms with Crippen molar-refractivity contribution in [3.8, 4) is 0 Å². The minimum Gasteiger partial charge on any atom is -0.350 e. The summed E-state index contributed by atoms with van der Waals surface area (Å²) in [7, 11) is 1.82. The third-order valence-corrected chi connectivity index (χ3v) is 3.47. The van der Waals surface area contributed by atoms with E-state index in [2.05, 4.69) is 5.32 Å². The van der Waals surface area contributed by atoms with Crippen LogP contribution in [0.15, 0.2) is 42.6 Å². The lowest BCUT2D eigenvalue weighted by atomic mass is 9.84. The molecule has 2 rings (SSSR count). The predicted molar refractivity (Wildman–Crippen MR) is 77.2 cm³/mol. The van der Waals surface area contributed by atoms with Gasteiger partial charge in [0.1, 0.15) is 11.5 Å². The first kappa shape index (κ1) is 14.3. The zero-order valence-electron chi connectivity index (χ0n) is 12.0. The van der Waals surface area contributed by atoms with Crippen LogP contribution in [-0.2, 0) is 12.5 Å². The number of nitrogens with one attached hydrogen (secondary N) is 1. The molecule has 0 aliphatic carbocycles. The summed E-state index contributed by atoms with van der Waals surface area (Å²) >= 11 is 0. The van der Waals surface area contributed by atoms with Crippen molar-refractivity contribution in [2.24, 2.45) is 7.05 Å². The van der Waals surface area contributed by atoms with Crippen molar-refractivity contribution in [2.75, 3.05) is 6.54 Å². The Balaban J connectivity index is 2.08. The van der Waals surface area contributed by atoms with E-state index in [1.165, 1.54) is 6.07 Å². The fourth-order valence-corrected chi connectivity index (χ4v) is 2.19. The number of aryl methyl sites for hydroxylation is 1. The van der Waals surface area contributed by atoms with Gasteiger partial charge in [-0.3, -0.25) is 4.79 Å². The Morgan fingerprint density at radius 1 is 1.25 bits per heavy atom. The van der Waals surface area contributed by atoms with Crippen LogP contribution >= 0.6 is 0 Å². The number of rotatable bonds is 4. The summed E-state index contributed by atoms with van der Waals surface area (Å²) in [6.45, 7) is 4.20. The maximum absolute atomic E-state index is 13.8. The van der Waals surface area contributed by atoms with Crippen LogP contribution in [0.3, 0.4) is 0 Å². The van der Waals surface area contributed by atoms with Gasteiger partial charge in [-0.15, -0.1) is 0 Å². The molecule has 1 aromatic carbocycles. The second-order valence-corrected chi connectivity index (χ2v) is 5.55. The first-order chi connectivity index (χ1) is 9.42. The molecule has 106 valence electrons. The molecule has 1 heterocycles. The third-order valence-electron chi connectivity index (χ3n) is 3.47. The number of amides is 1. The van der Waals surface area contributed by atoms with E-state index in [1.54, 1.807) is 28.8 Å². The van der Waals surface area contributed by atoms with Crippen LogP contribution in [0.5, 0.6) is 0 Å². The summed E-state index contributed by atoms with van der Waals surface area (Å²) in [5.41, 5.74) is 0.730. The second-order valence-electron chi connectivity index (χ2n) is 5.55. The zero-order chi connectivity index (χ0) is 14.8. The molecule has 0 bridgehead atoms. The molecule has 1 N–H and O–H groups in total. The molecule has 0 aliphatic rings. The number of carbonyl (C=O) groups is 1. The van der Waals surface area contributed by atoms with E-state index in [4.69, 9.17) is 0 Å². The van der Waals surface area contributed by atoms with Crippen molar-refractivity contribution in [3.63, 3.8) is 0 Å². The fourth-order valence-electron chi connectivity index (χ4n) is 2.19. The molecule has 2 aromatic rings. The number of carbonyl (C=O) groups excluding carboxylic acids is 1. The SMILES string of the molecule is Cn1cccc1C(=O)NCC(C)(C)c1ccccc1F. The molecular weight excluding hydrogens is 255 g/mol. The normalized spacial score (nSPS) is 11.4. The van der Waals surface area contributed by atoms with Crippen LogP contribution in [0.25, 0.3) is 0 Å². The summed E-state index contributed by atoms with van der Waals surface area (Å²) in [6, 6.07) is 10.2. The van der Waals surface area contributed by atoms with Crippen molar-refractivity contribution < 1.29 is 9.18 Å². The number of hydrogen-bond donors (Lipinski definition) is 1. The largest absolute Gasteiger partial charge is 0.350 e. The van der Waals surface area contributed by atoms with Gasteiger partial charge in [0, 0.05) is 25.2 Å². The second kappa shape index (κ2) is 5.49. The Hall–Kier alpha value is -2.10. The highest BCUT2D eigenvalue weighted by atomic mass is 19.1. The minimum atomic E-state index is -0.466. The van der Waals surface area contributed by atoms with Gasteiger partial charge in [0.25, 0.3) is 5.91 Å². The van der Waals surface area contributed by atoms with Crippen molar-refractivity contribution in [1.29, 1.82) is 0 Å². The Morgan fingerprint density at radius 3 is 2.55 bits per heavy atom. The van der Waals surface area contributed by atoms with Gasteiger partial charge in [-0.2, -0.15) is 0 Å². The van der Waals surface area contributed by atoms with Crippen LogP contribution in [0.4, 0.5) is 4.39 Å². The van der Waals surface area contributed by atoms with E-state index in [0.29, 0.717) is 17.8 Å². The van der Waals surface area contributed by atoms with Gasteiger partial charge in [0.15, 0.2) is 0 Å². The average molecular weight is 274 g/mol. The molecular formula is C16H19FN2O. The van der Waals surface area contributed by atoms with Gasteiger partial charge in [0.2, 0.25) is 0 Å². The van der Waals surface area contributed by atoms with Gasteiger partial charge in [-0.1, -0.05) is 32.0 Å². The maximum Gasteiger partial charge on any atom is 0.267 e.